The van der Waals surface area contributed by atoms with Crippen LogP contribution >= 0.6 is 12.4 Å². The summed E-state index contributed by atoms with van der Waals surface area (Å²) in [6.45, 7) is -4.36. The van der Waals surface area contributed by atoms with Gasteiger partial charge in [0.2, 0.25) is 0 Å². The maximum absolute atomic E-state index is 13.2. The summed E-state index contributed by atoms with van der Waals surface area (Å²) in [5, 5.41) is -0.483. The van der Waals surface area contributed by atoms with E-state index < -0.39 is 49.9 Å². The first-order valence-corrected chi connectivity index (χ1v) is 4.94. The molecule has 0 atom stereocenters. The third-order valence-corrected chi connectivity index (χ3v) is 3.04. The average molecular weight is 321 g/mol. The minimum atomic E-state index is -4.73. The molecule has 0 aromatic heterocycles. The van der Waals surface area contributed by atoms with Crippen molar-refractivity contribution in [2.24, 2.45) is 0 Å². The van der Waals surface area contributed by atoms with Crippen LogP contribution in [0, 0.1) is 0 Å². The molecule has 0 spiro atoms. The van der Waals surface area contributed by atoms with E-state index in [1.54, 1.807) is 0 Å². The monoisotopic (exact) mass is 320 g/mol. The second kappa shape index (κ2) is 4.32. The lowest BCUT2D eigenvalue weighted by molar-refractivity contribution is -0.295. The highest BCUT2D eigenvalue weighted by atomic mass is 35.5. The summed E-state index contributed by atoms with van der Waals surface area (Å²) in [7, 11) is 0. The van der Waals surface area contributed by atoms with Crippen molar-refractivity contribution in [2.75, 3.05) is 19.6 Å². The third-order valence-electron chi connectivity index (χ3n) is 3.04. The normalized spacial score (nSPS) is 32.2. The highest BCUT2D eigenvalue weighted by molar-refractivity contribution is 5.85. The molecule has 11 heteroatoms. The first-order valence-electron chi connectivity index (χ1n) is 4.94. The molecule has 2 aliphatic heterocycles. The van der Waals surface area contributed by atoms with Crippen molar-refractivity contribution in [2.45, 2.75) is 30.2 Å². The van der Waals surface area contributed by atoms with Gasteiger partial charge in [-0.05, 0) is 0 Å². The maximum Gasteiger partial charge on any atom is 0.379 e. The van der Waals surface area contributed by atoms with Crippen LogP contribution in [0.1, 0.15) is 6.42 Å². The first-order chi connectivity index (χ1) is 7.91. The third kappa shape index (κ3) is 2.27. The van der Waals surface area contributed by atoms with Crippen molar-refractivity contribution in [3.8, 4) is 0 Å². The Kier molecular flexibility index (Phi) is 3.80. The molecule has 0 aromatic carbocycles. The number of hydrazine groups is 1. The number of alkyl halides is 8. The molecule has 0 amide bonds. The molecule has 2 fully saturated rings. The molecular formula is C8H9ClF8N2. The van der Waals surface area contributed by atoms with Crippen LogP contribution in [0.25, 0.3) is 0 Å². The zero-order chi connectivity index (χ0) is 14.0. The van der Waals surface area contributed by atoms with Gasteiger partial charge >= 0.3 is 23.8 Å². The predicted octanol–water partition coefficient (Wildman–Crippen LogP) is 2.84. The van der Waals surface area contributed by atoms with Crippen molar-refractivity contribution in [1.82, 2.24) is 10.0 Å². The Labute approximate surface area is 108 Å². The fraction of sp³-hybridized carbons (Fsp3) is 1.00. The summed E-state index contributed by atoms with van der Waals surface area (Å²) in [4.78, 5) is 0. The molecule has 0 radical (unpaired) electrons. The van der Waals surface area contributed by atoms with Crippen molar-refractivity contribution < 1.29 is 35.1 Å². The van der Waals surface area contributed by atoms with Crippen molar-refractivity contribution in [1.29, 1.82) is 0 Å². The molecule has 2 aliphatic rings. The van der Waals surface area contributed by atoms with Crippen molar-refractivity contribution in [3.05, 3.63) is 0 Å². The quantitative estimate of drug-likeness (QED) is 0.541. The Morgan fingerprint density at radius 3 is 1.42 bits per heavy atom. The highest BCUT2D eigenvalue weighted by Gasteiger charge is 2.71. The zero-order valence-electron chi connectivity index (χ0n) is 9.15. The summed E-state index contributed by atoms with van der Waals surface area (Å²) < 4.78 is 103. The topological polar surface area (TPSA) is 6.48 Å². The van der Waals surface area contributed by atoms with E-state index in [2.05, 4.69) is 0 Å². The van der Waals surface area contributed by atoms with Crippen LogP contribution in [0.3, 0.4) is 0 Å². The van der Waals surface area contributed by atoms with Gasteiger partial charge < -0.3 is 0 Å². The largest absolute Gasteiger partial charge is 0.379 e. The smallest absolute Gasteiger partial charge is 0.224 e. The second-order valence-corrected chi connectivity index (χ2v) is 4.35. The minimum Gasteiger partial charge on any atom is -0.224 e. The van der Waals surface area contributed by atoms with E-state index in [9.17, 15) is 35.1 Å². The standard InChI is InChI=1S/C8H8F8N2.ClH/c9-5(10)1-2-18(8(5,15)16)17-3-6(11,12)7(13,14)4-17;/h1-4H2;1H. The summed E-state index contributed by atoms with van der Waals surface area (Å²) >= 11 is 0. The van der Waals surface area contributed by atoms with Crippen molar-refractivity contribution in [3.63, 3.8) is 0 Å². The van der Waals surface area contributed by atoms with Crippen LogP contribution in [0.2, 0.25) is 0 Å². The first kappa shape index (κ1) is 16.7. The molecular weight excluding hydrogens is 312 g/mol. The van der Waals surface area contributed by atoms with Crippen LogP contribution in [0.15, 0.2) is 0 Å². The Morgan fingerprint density at radius 2 is 1.11 bits per heavy atom. The lowest BCUT2D eigenvalue weighted by Crippen LogP contribution is -2.54. The van der Waals surface area contributed by atoms with E-state index in [0.717, 1.165) is 0 Å². The number of halogens is 9. The van der Waals surface area contributed by atoms with E-state index in [0.29, 0.717) is 0 Å². The molecule has 0 bridgehead atoms. The van der Waals surface area contributed by atoms with Gasteiger partial charge in [0.25, 0.3) is 0 Å². The van der Waals surface area contributed by atoms with Crippen molar-refractivity contribution >= 4 is 12.4 Å². The molecule has 2 heterocycles. The van der Waals surface area contributed by atoms with Crippen LogP contribution in [-0.4, -0.2) is 53.5 Å². The molecule has 2 rings (SSSR count). The number of nitrogens with zero attached hydrogens (tertiary/aromatic N) is 2. The van der Waals surface area contributed by atoms with E-state index in [1.165, 1.54) is 0 Å². The lowest BCUT2D eigenvalue weighted by Gasteiger charge is -2.33. The van der Waals surface area contributed by atoms with E-state index in [4.69, 9.17) is 0 Å². The maximum atomic E-state index is 13.2. The Bertz CT molecular complexity index is 345. The van der Waals surface area contributed by atoms with E-state index >= 15 is 0 Å². The van der Waals surface area contributed by atoms with Gasteiger partial charge in [0.05, 0.1) is 13.1 Å². The molecule has 0 saturated carbocycles. The molecule has 0 unspecified atom stereocenters. The van der Waals surface area contributed by atoms with Gasteiger partial charge in [-0.25, -0.2) is 5.01 Å². The van der Waals surface area contributed by atoms with Gasteiger partial charge in [-0.15, -0.1) is 12.4 Å². The van der Waals surface area contributed by atoms with Gasteiger partial charge in [-0.1, -0.05) is 0 Å². The fourth-order valence-corrected chi connectivity index (χ4v) is 1.96. The molecule has 0 N–H and O–H groups in total. The molecule has 114 valence electrons. The Hall–Kier alpha value is -0.350. The summed E-state index contributed by atoms with van der Waals surface area (Å²) in [6.07, 6.45) is -1.27. The zero-order valence-corrected chi connectivity index (χ0v) is 9.97. The van der Waals surface area contributed by atoms with E-state index in [-0.39, 0.29) is 22.4 Å². The molecule has 19 heavy (non-hydrogen) atoms. The van der Waals surface area contributed by atoms with E-state index in [1.807, 2.05) is 0 Å². The summed E-state index contributed by atoms with van der Waals surface area (Å²) in [5.74, 6) is -13.4. The summed E-state index contributed by atoms with van der Waals surface area (Å²) in [5.41, 5.74) is 0. The molecule has 2 saturated heterocycles. The van der Waals surface area contributed by atoms with Crippen LogP contribution in [0.4, 0.5) is 35.1 Å². The Balaban J connectivity index is 0.00000180. The van der Waals surface area contributed by atoms with Gasteiger partial charge in [0, 0.05) is 13.0 Å². The SMILES string of the molecule is Cl.FC1(F)CN(N2CCC(F)(F)C2(F)F)CC1(F)F. The lowest BCUT2D eigenvalue weighted by atomic mass is 10.2. The van der Waals surface area contributed by atoms with Gasteiger partial charge in [0.15, 0.2) is 0 Å². The number of hydrogen-bond donors (Lipinski definition) is 0. The predicted molar refractivity (Wildman–Crippen MR) is 49.9 cm³/mol. The van der Waals surface area contributed by atoms with Gasteiger partial charge in [0.1, 0.15) is 0 Å². The van der Waals surface area contributed by atoms with Crippen LogP contribution in [-0.2, 0) is 0 Å². The number of hydrogen-bond acceptors (Lipinski definition) is 2. The molecule has 0 aliphatic carbocycles. The Morgan fingerprint density at radius 1 is 0.684 bits per heavy atom. The highest BCUT2D eigenvalue weighted by Crippen LogP contribution is 2.49. The minimum absolute atomic E-state index is 0. The number of rotatable bonds is 1. The summed E-state index contributed by atoms with van der Waals surface area (Å²) in [6, 6.07) is -4.73. The van der Waals surface area contributed by atoms with Gasteiger partial charge in [-0.2, -0.15) is 40.1 Å². The average Bonchev–Trinajstić information content (AvgIpc) is 2.46. The van der Waals surface area contributed by atoms with Gasteiger partial charge in [-0.3, -0.25) is 0 Å². The molecule has 0 aromatic rings. The van der Waals surface area contributed by atoms with Crippen LogP contribution in [0.5, 0.6) is 0 Å². The molecule has 2 nitrogen and oxygen atoms in total. The fourth-order valence-electron chi connectivity index (χ4n) is 1.96. The second-order valence-electron chi connectivity index (χ2n) is 4.35. The van der Waals surface area contributed by atoms with Crippen LogP contribution < -0.4 is 0 Å².